The summed E-state index contributed by atoms with van der Waals surface area (Å²) in [6.45, 7) is 2.83. The molecule has 0 aromatic heterocycles. The molecule has 2 aliphatic heterocycles. The molecule has 3 amide bonds. The van der Waals surface area contributed by atoms with Crippen molar-refractivity contribution in [2.24, 2.45) is 11.5 Å². The summed E-state index contributed by atoms with van der Waals surface area (Å²) in [5.74, 6) is -0.933. The topological polar surface area (TPSA) is 170 Å². The summed E-state index contributed by atoms with van der Waals surface area (Å²) < 4.78 is 0. The third-order valence-corrected chi connectivity index (χ3v) is 7.18. The Balaban J connectivity index is 1.27. The average molecular weight is 509 g/mol. The quantitative estimate of drug-likeness (QED) is 0.147. The zero-order chi connectivity index (χ0) is 26.4. The van der Waals surface area contributed by atoms with Crippen molar-refractivity contribution < 1.29 is 14.4 Å². The van der Waals surface area contributed by atoms with Gasteiger partial charge in [0, 0.05) is 44.8 Å². The number of fused-ring (bicyclic) bond motifs is 1. The number of carbonyl (C=O) groups is 3. The molecule has 2 heterocycles. The number of rotatable bonds is 10. The maximum atomic E-state index is 13.1. The number of benzene rings is 2. The van der Waals surface area contributed by atoms with E-state index in [0.717, 1.165) is 12.0 Å². The van der Waals surface area contributed by atoms with Gasteiger partial charge in [-0.15, -0.1) is 0 Å². The fourth-order valence-corrected chi connectivity index (χ4v) is 5.24. The summed E-state index contributed by atoms with van der Waals surface area (Å²) in [5, 5.41) is 18.3. The zero-order valence-electron chi connectivity index (χ0n) is 21.0. The predicted molar refractivity (Wildman–Crippen MR) is 141 cm³/mol. The van der Waals surface area contributed by atoms with E-state index in [-0.39, 0.29) is 29.9 Å². The molecule has 4 rings (SSSR count). The Hall–Kier alpha value is -3.70. The number of guanidine groups is 1. The fourth-order valence-electron chi connectivity index (χ4n) is 5.24. The highest BCUT2D eigenvalue weighted by Gasteiger charge is 2.44. The Morgan fingerprint density at radius 2 is 1.95 bits per heavy atom. The number of hydrogen-bond donors (Lipinski definition) is 6. The van der Waals surface area contributed by atoms with Crippen LogP contribution in [0, 0.1) is 5.41 Å². The van der Waals surface area contributed by atoms with Crippen molar-refractivity contribution in [2.45, 2.75) is 43.8 Å². The molecule has 2 aromatic rings. The number of nitrogens with zero attached hydrogens (tertiary/aromatic N) is 2. The lowest BCUT2D eigenvalue weighted by Crippen LogP contribution is -2.54. The molecule has 198 valence electrons. The van der Waals surface area contributed by atoms with Gasteiger partial charge < -0.3 is 27.0 Å². The number of likely N-dealkylation sites (tertiary alicyclic amines) is 1. The van der Waals surface area contributed by atoms with Gasteiger partial charge in [0.2, 0.25) is 17.7 Å². The van der Waals surface area contributed by atoms with Gasteiger partial charge in [0.1, 0.15) is 6.04 Å². The second kappa shape index (κ2) is 11.6. The Labute approximate surface area is 216 Å². The molecule has 2 atom stereocenters. The van der Waals surface area contributed by atoms with E-state index >= 15 is 0 Å². The van der Waals surface area contributed by atoms with Crippen molar-refractivity contribution >= 4 is 34.5 Å². The van der Waals surface area contributed by atoms with E-state index in [1.165, 1.54) is 10.8 Å². The van der Waals surface area contributed by atoms with Crippen LogP contribution in [0.5, 0.6) is 0 Å². The largest absolute Gasteiger partial charge is 0.370 e. The first-order chi connectivity index (χ1) is 17.7. The van der Waals surface area contributed by atoms with Crippen LogP contribution in [-0.2, 0) is 20.9 Å². The molecule has 0 aliphatic carbocycles. The fraction of sp³-hybridized carbons (Fsp3) is 0.462. The van der Waals surface area contributed by atoms with Crippen LogP contribution in [0.1, 0.15) is 31.2 Å². The lowest BCUT2D eigenvalue weighted by molar-refractivity contribution is -0.136. The van der Waals surface area contributed by atoms with Crippen LogP contribution in [0.25, 0.3) is 10.8 Å². The number of nitrogens with one attached hydrogen (secondary N) is 4. The number of piperidine rings is 1. The molecule has 8 N–H and O–H groups in total. The molecule has 0 radical (unpaired) electrons. The summed E-state index contributed by atoms with van der Waals surface area (Å²) in [6, 6.07) is 13.6. The number of amides is 3. The summed E-state index contributed by atoms with van der Waals surface area (Å²) in [4.78, 5) is 41.4. The van der Waals surface area contributed by atoms with Crippen molar-refractivity contribution in [3.63, 3.8) is 0 Å². The Kier molecular flexibility index (Phi) is 8.24. The molecular weight excluding hydrogens is 472 g/mol. The van der Waals surface area contributed by atoms with Crippen LogP contribution < -0.4 is 27.4 Å². The predicted octanol–water partition coefficient (Wildman–Crippen LogP) is -0.203. The Morgan fingerprint density at radius 3 is 2.70 bits per heavy atom. The standard InChI is InChI=1S/C26H36N8O3/c27-24(37)21(9-4-11-30-25(28)29)32-22(35)15-33-16-26(31-17-33)10-12-34(23(36)13-26)14-19-7-3-6-18-5-1-2-8-20(18)19/h1-3,5-8,21,31H,4,9-17H2,(H2,27,37)(H,32,35)(H4,28,29,30)/t21?,26-/m0/s1. The molecule has 2 fully saturated rings. The van der Waals surface area contributed by atoms with Gasteiger partial charge in [-0.25, -0.2) is 0 Å². The van der Waals surface area contributed by atoms with Gasteiger partial charge in [-0.1, -0.05) is 42.5 Å². The first kappa shape index (κ1) is 26.4. The van der Waals surface area contributed by atoms with Crippen molar-refractivity contribution in [3.8, 4) is 0 Å². The molecule has 1 unspecified atom stereocenters. The van der Waals surface area contributed by atoms with E-state index < -0.39 is 11.9 Å². The Morgan fingerprint density at radius 1 is 1.16 bits per heavy atom. The maximum Gasteiger partial charge on any atom is 0.240 e. The van der Waals surface area contributed by atoms with E-state index in [1.54, 1.807) is 0 Å². The van der Waals surface area contributed by atoms with Crippen molar-refractivity contribution in [1.29, 1.82) is 5.41 Å². The van der Waals surface area contributed by atoms with Crippen LogP contribution in [0.2, 0.25) is 0 Å². The van der Waals surface area contributed by atoms with Crippen molar-refractivity contribution in [2.75, 3.05) is 32.8 Å². The first-order valence-corrected chi connectivity index (χ1v) is 12.6. The van der Waals surface area contributed by atoms with Crippen LogP contribution in [0.4, 0.5) is 0 Å². The zero-order valence-corrected chi connectivity index (χ0v) is 21.0. The highest BCUT2D eigenvalue weighted by Crippen LogP contribution is 2.30. The van der Waals surface area contributed by atoms with E-state index in [4.69, 9.17) is 16.9 Å². The first-order valence-electron chi connectivity index (χ1n) is 12.6. The van der Waals surface area contributed by atoms with Crippen molar-refractivity contribution in [3.05, 3.63) is 48.0 Å². The second-order valence-electron chi connectivity index (χ2n) is 9.99. The molecular formula is C26H36N8O3. The maximum absolute atomic E-state index is 13.1. The smallest absolute Gasteiger partial charge is 0.240 e. The molecule has 2 saturated heterocycles. The van der Waals surface area contributed by atoms with Gasteiger partial charge in [0.15, 0.2) is 5.96 Å². The van der Waals surface area contributed by atoms with Crippen LogP contribution in [0.15, 0.2) is 42.5 Å². The van der Waals surface area contributed by atoms with Gasteiger partial charge >= 0.3 is 0 Å². The van der Waals surface area contributed by atoms with Crippen LogP contribution >= 0.6 is 0 Å². The van der Waals surface area contributed by atoms with Crippen molar-refractivity contribution in [1.82, 2.24) is 25.8 Å². The minimum absolute atomic E-state index is 0.103. The number of carbonyl (C=O) groups excluding carboxylic acids is 3. The molecule has 2 aliphatic rings. The molecule has 37 heavy (non-hydrogen) atoms. The van der Waals surface area contributed by atoms with E-state index in [1.807, 2.05) is 28.0 Å². The summed E-state index contributed by atoms with van der Waals surface area (Å²) in [6.07, 6.45) is 2.06. The highest BCUT2D eigenvalue weighted by molar-refractivity contribution is 5.88. The van der Waals surface area contributed by atoms with Gasteiger partial charge in [0.05, 0.1) is 6.54 Å². The van der Waals surface area contributed by atoms with Gasteiger partial charge in [0.25, 0.3) is 0 Å². The molecule has 1 spiro atoms. The summed E-state index contributed by atoms with van der Waals surface area (Å²) in [5.41, 5.74) is 11.5. The minimum Gasteiger partial charge on any atom is -0.370 e. The summed E-state index contributed by atoms with van der Waals surface area (Å²) >= 11 is 0. The molecule has 11 heteroatoms. The monoisotopic (exact) mass is 508 g/mol. The Bertz CT molecular complexity index is 1170. The third-order valence-electron chi connectivity index (χ3n) is 7.18. The number of primary amides is 1. The lowest BCUT2D eigenvalue weighted by Gasteiger charge is -2.39. The minimum atomic E-state index is -0.787. The third kappa shape index (κ3) is 6.75. The number of nitrogens with two attached hydrogens (primary N) is 2. The highest BCUT2D eigenvalue weighted by atomic mass is 16.2. The molecule has 0 saturated carbocycles. The number of hydrogen-bond acceptors (Lipinski definition) is 6. The second-order valence-corrected chi connectivity index (χ2v) is 9.99. The van der Waals surface area contributed by atoms with Gasteiger partial charge in [-0.3, -0.25) is 30.0 Å². The summed E-state index contributed by atoms with van der Waals surface area (Å²) in [7, 11) is 0. The van der Waals surface area contributed by atoms with Crippen LogP contribution in [-0.4, -0.2) is 77.9 Å². The van der Waals surface area contributed by atoms with E-state index in [9.17, 15) is 14.4 Å². The molecule has 0 bridgehead atoms. The molecule has 11 nitrogen and oxygen atoms in total. The van der Waals surface area contributed by atoms with Gasteiger partial charge in [-0.05, 0) is 35.6 Å². The molecule has 2 aromatic carbocycles. The van der Waals surface area contributed by atoms with E-state index in [0.29, 0.717) is 52.1 Å². The average Bonchev–Trinajstić information content (AvgIpc) is 3.24. The van der Waals surface area contributed by atoms with Gasteiger partial charge in [-0.2, -0.15) is 0 Å². The SMILES string of the molecule is N=C(N)NCCCC(NC(=O)CN1CN[C@]2(CCN(Cc3cccc4ccccc34)C(=O)C2)C1)C(N)=O. The lowest BCUT2D eigenvalue weighted by atomic mass is 9.87. The normalized spacial score (nSPS) is 20.8. The van der Waals surface area contributed by atoms with Crippen LogP contribution in [0.3, 0.4) is 0 Å². The van der Waals surface area contributed by atoms with E-state index in [2.05, 4.69) is 40.2 Å².